The third-order valence-electron chi connectivity index (χ3n) is 2.72. The monoisotopic (exact) mass is 265 g/mol. The fourth-order valence-electron chi connectivity index (χ4n) is 1.75. The molecule has 3 N–H and O–H groups in total. The Morgan fingerprint density at radius 2 is 2.06 bits per heavy atom. The van der Waals surface area contributed by atoms with Gasteiger partial charge in [0.15, 0.2) is 0 Å². The first-order valence-corrected chi connectivity index (χ1v) is 6.39. The van der Waals surface area contributed by atoms with Gasteiger partial charge >= 0.3 is 0 Å². The molecule has 18 heavy (non-hydrogen) atoms. The Labute approximate surface area is 113 Å². The normalized spacial score (nSPS) is 12.2. The molecule has 1 aromatic heterocycles. The summed E-state index contributed by atoms with van der Waals surface area (Å²) in [5.74, 6) is -0.368. The molecule has 1 amide bonds. The number of nitrogens with two attached hydrogens (primary N) is 1. The summed E-state index contributed by atoms with van der Waals surface area (Å²) in [6.45, 7) is 4.45. The zero-order valence-corrected chi connectivity index (χ0v) is 11.5. The van der Waals surface area contributed by atoms with Gasteiger partial charge < -0.3 is 11.1 Å². The van der Waals surface area contributed by atoms with Crippen molar-refractivity contribution in [3.8, 4) is 0 Å². The van der Waals surface area contributed by atoms with Gasteiger partial charge in [-0.25, -0.2) is 0 Å². The number of hydrogen-bond acceptors (Lipinski definition) is 3. The van der Waals surface area contributed by atoms with Gasteiger partial charge in [0.1, 0.15) is 0 Å². The lowest BCUT2D eigenvalue weighted by molar-refractivity contribution is -0.123. The summed E-state index contributed by atoms with van der Waals surface area (Å²) < 4.78 is 0. The van der Waals surface area contributed by atoms with Gasteiger partial charge in [-0.15, -0.1) is 0 Å². The summed E-state index contributed by atoms with van der Waals surface area (Å²) in [5.41, 5.74) is 6.72. The van der Waals surface area contributed by atoms with Gasteiger partial charge in [-0.3, -0.25) is 9.78 Å². The van der Waals surface area contributed by atoms with Crippen LogP contribution >= 0.6 is 12.2 Å². The van der Waals surface area contributed by atoms with Crippen molar-refractivity contribution in [2.24, 2.45) is 17.6 Å². The number of hydrogen-bond donors (Lipinski definition) is 2. The lowest BCUT2D eigenvalue weighted by atomic mass is 9.95. The van der Waals surface area contributed by atoms with Gasteiger partial charge in [0, 0.05) is 18.9 Å². The SMILES string of the molecule is CC(C)C(C(=O)NCCc1ccncc1)C(N)=S. The molecule has 1 aromatic rings. The van der Waals surface area contributed by atoms with Crippen LogP contribution in [-0.2, 0) is 11.2 Å². The van der Waals surface area contributed by atoms with Crippen LogP contribution in [0.2, 0.25) is 0 Å². The molecule has 4 nitrogen and oxygen atoms in total. The first kappa shape index (κ1) is 14.6. The summed E-state index contributed by atoms with van der Waals surface area (Å²) in [6, 6.07) is 3.86. The Balaban J connectivity index is 2.43. The smallest absolute Gasteiger partial charge is 0.230 e. The molecule has 0 aliphatic carbocycles. The van der Waals surface area contributed by atoms with E-state index in [0.717, 1.165) is 12.0 Å². The number of amides is 1. The quantitative estimate of drug-likeness (QED) is 0.761. The van der Waals surface area contributed by atoms with E-state index >= 15 is 0 Å². The van der Waals surface area contributed by atoms with E-state index in [1.165, 1.54) is 0 Å². The van der Waals surface area contributed by atoms with Crippen LogP contribution < -0.4 is 11.1 Å². The predicted octanol–water partition coefficient (Wildman–Crippen LogP) is 1.30. The molecule has 0 spiro atoms. The summed E-state index contributed by atoms with van der Waals surface area (Å²) in [6.07, 6.45) is 4.25. The van der Waals surface area contributed by atoms with Crippen LogP contribution in [0.4, 0.5) is 0 Å². The lowest BCUT2D eigenvalue weighted by Gasteiger charge is -2.18. The number of carbonyl (C=O) groups is 1. The van der Waals surface area contributed by atoms with E-state index < -0.39 is 5.92 Å². The van der Waals surface area contributed by atoms with E-state index in [1.807, 2.05) is 26.0 Å². The molecular formula is C13H19N3OS. The van der Waals surface area contributed by atoms with Gasteiger partial charge in [-0.2, -0.15) is 0 Å². The van der Waals surface area contributed by atoms with Crippen molar-refractivity contribution in [2.75, 3.05) is 6.54 Å². The van der Waals surface area contributed by atoms with Crippen LogP contribution in [0.25, 0.3) is 0 Å². The minimum Gasteiger partial charge on any atom is -0.393 e. The minimum absolute atomic E-state index is 0.0912. The Bertz CT molecular complexity index is 406. The van der Waals surface area contributed by atoms with Crippen molar-refractivity contribution in [1.82, 2.24) is 10.3 Å². The van der Waals surface area contributed by atoms with Gasteiger partial charge in [-0.05, 0) is 30.0 Å². The zero-order valence-electron chi connectivity index (χ0n) is 10.7. The average molecular weight is 265 g/mol. The van der Waals surface area contributed by atoms with Crippen molar-refractivity contribution in [1.29, 1.82) is 0 Å². The van der Waals surface area contributed by atoms with Crippen LogP contribution in [0.15, 0.2) is 24.5 Å². The van der Waals surface area contributed by atoms with Gasteiger partial charge in [-0.1, -0.05) is 26.1 Å². The van der Waals surface area contributed by atoms with Crippen molar-refractivity contribution >= 4 is 23.1 Å². The first-order valence-electron chi connectivity index (χ1n) is 5.98. The van der Waals surface area contributed by atoms with Gasteiger partial charge in [0.2, 0.25) is 5.91 Å². The van der Waals surface area contributed by atoms with E-state index in [9.17, 15) is 4.79 Å². The maximum absolute atomic E-state index is 11.9. The third kappa shape index (κ3) is 4.41. The van der Waals surface area contributed by atoms with Crippen LogP contribution in [0.3, 0.4) is 0 Å². The number of rotatable bonds is 6. The highest BCUT2D eigenvalue weighted by molar-refractivity contribution is 7.80. The maximum Gasteiger partial charge on any atom is 0.230 e. The zero-order chi connectivity index (χ0) is 13.5. The number of thiocarbonyl (C=S) groups is 1. The van der Waals surface area contributed by atoms with Crippen molar-refractivity contribution in [2.45, 2.75) is 20.3 Å². The molecule has 0 saturated carbocycles. The van der Waals surface area contributed by atoms with Crippen LogP contribution in [0, 0.1) is 11.8 Å². The molecule has 1 heterocycles. The van der Waals surface area contributed by atoms with E-state index in [1.54, 1.807) is 12.4 Å². The lowest BCUT2D eigenvalue weighted by Crippen LogP contribution is -2.41. The number of pyridine rings is 1. The second-order valence-corrected chi connectivity index (χ2v) is 4.99. The summed E-state index contributed by atoms with van der Waals surface area (Å²) in [4.78, 5) is 16.1. The minimum atomic E-state index is -0.391. The Hall–Kier alpha value is -1.49. The summed E-state index contributed by atoms with van der Waals surface area (Å²) in [5, 5.41) is 2.87. The fourth-order valence-corrected chi connectivity index (χ4v) is 2.13. The van der Waals surface area contributed by atoms with Crippen LogP contribution in [-0.4, -0.2) is 22.4 Å². The topological polar surface area (TPSA) is 68.0 Å². The Kier molecular flexibility index (Phi) is 5.71. The largest absolute Gasteiger partial charge is 0.393 e. The third-order valence-corrected chi connectivity index (χ3v) is 2.97. The summed E-state index contributed by atoms with van der Waals surface area (Å²) in [7, 11) is 0. The Morgan fingerprint density at radius 3 is 2.56 bits per heavy atom. The van der Waals surface area contributed by atoms with Crippen LogP contribution in [0.1, 0.15) is 19.4 Å². The molecule has 0 radical (unpaired) electrons. The molecule has 0 aliphatic heterocycles. The molecule has 1 rings (SSSR count). The summed E-state index contributed by atoms with van der Waals surface area (Å²) >= 11 is 4.92. The second-order valence-electron chi connectivity index (χ2n) is 4.52. The molecular weight excluding hydrogens is 246 g/mol. The number of nitrogens with zero attached hydrogens (tertiary/aromatic N) is 1. The molecule has 0 aromatic carbocycles. The van der Waals surface area contributed by atoms with Gasteiger partial charge in [0.05, 0.1) is 10.9 Å². The predicted molar refractivity (Wildman–Crippen MR) is 76.1 cm³/mol. The molecule has 1 unspecified atom stereocenters. The highest BCUT2D eigenvalue weighted by atomic mass is 32.1. The molecule has 0 aliphatic rings. The van der Waals surface area contributed by atoms with E-state index in [4.69, 9.17) is 18.0 Å². The molecule has 1 atom stereocenters. The molecule has 5 heteroatoms. The Morgan fingerprint density at radius 1 is 1.44 bits per heavy atom. The van der Waals surface area contributed by atoms with Crippen molar-refractivity contribution in [3.63, 3.8) is 0 Å². The van der Waals surface area contributed by atoms with Crippen molar-refractivity contribution < 1.29 is 4.79 Å². The number of carbonyl (C=O) groups excluding carboxylic acids is 1. The molecule has 98 valence electrons. The van der Waals surface area contributed by atoms with E-state index in [0.29, 0.717) is 6.54 Å². The van der Waals surface area contributed by atoms with Gasteiger partial charge in [0.25, 0.3) is 0 Å². The van der Waals surface area contributed by atoms with E-state index in [2.05, 4.69) is 10.3 Å². The van der Waals surface area contributed by atoms with Crippen LogP contribution in [0.5, 0.6) is 0 Å². The second kappa shape index (κ2) is 7.06. The average Bonchev–Trinajstić information content (AvgIpc) is 2.29. The standard InChI is InChI=1S/C13H19N3OS/c1-9(2)11(12(14)18)13(17)16-8-5-10-3-6-15-7-4-10/h3-4,6-7,9,11H,5,8H2,1-2H3,(H2,14,18)(H,16,17). The number of aromatic nitrogens is 1. The highest BCUT2D eigenvalue weighted by Gasteiger charge is 2.24. The maximum atomic E-state index is 11.9. The fraction of sp³-hybridized carbons (Fsp3) is 0.462. The first-order chi connectivity index (χ1) is 8.52. The molecule has 0 saturated heterocycles. The molecule has 0 fully saturated rings. The highest BCUT2D eigenvalue weighted by Crippen LogP contribution is 2.11. The van der Waals surface area contributed by atoms with E-state index in [-0.39, 0.29) is 16.8 Å². The van der Waals surface area contributed by atoms with Crippen molar-refractivity contribution in [3.05, 3.63) is 30.1 Å². The number of nitrogens with one attached hydrogen (secondary N) is 1. The molecule has 0 bridgehead atoms.